The first-order valence-electron chi connectivity index (χ1n) is 20.7. The third-order valence-corrected chi connectivity index (χ3v) is 16.5. The molecular formula is C44H74N2O6. The third kappa shape index (κ3) is 6.54. The lowest BCUT2D eigenvalue weighted by Gasteiger charge is -2.72. The summed E-state index contributed by atoms with van der Waals surface area (Å²) in [5.74, 6) is 0.158. The molecule has 5 aliphatic rings. The number of Topliss-reactive ketones (excluding diaryl/α,β-unsaturated/α-hetero) is 1. The van der Waals surface area contributed by atoms with Crippen LogP contribution in [0.2, 0.25) is 0 Å². The number of esters is 1. The molecule has 5 aliphatic carbocycles. The molecule has 0 aromatic carbocycles. The molecule has 9 atom stereocenters. The number of aliphatic hydroxyl groups excluding tert-OH is 1. The largest absolute Gasteiger partial charge is 0.481 e. The van der Waals surface area contributed by atoms with Gasteiger partial charge < -0.3 is 19.8 Å². The van der Waals surface area contributed by atoms with Gasteiger partial charge in [-0.1, -0.05) is 54.0 Å². The Kier molecular flexibility index (Phi) is 11.2. The highest BCUT2D eigenvalue weighted by Crippen LogP contribution is 2.77. The Labute approximate surface area is 315 Å². The molecule has 0 aliphatic heterocycles. The lowest BCUT2D eigenvalue weighted by atomic mass is 9.33. The molecule has 0 amide bonds. The van der Waals surface area contributed by atoms with E-state index in [-0.39, 0.29) is 51.8 Å². The zero-order valence-electron chi connectivity index (χ0n) is 35.2. The zero-order chi connectivity index (χ0) is 39.0. The molecule has 296 valence electrons. The molecule has 4 saturated carbocycles. The van der Waals surface area contributed by atoms with Gasteiger partial charge in [0.2, 0.25) is 0 Å². The van der Waals surface area contributed by atoms with Gasteiger partial charge in [0, 0.05) is 42.9 Å². The molecule has 0 radical (unpaired) electrons. The number of rotatable bonds is 12. The number of hydrogen-bond acceptors (Lipinski definition) is 7. The summed E-state index contributed by atoms with van der Waals surface area (Å²) in [4.78, 5) is 43.6. The summed E-state index contributed by atoms with van der Waals surface area (Å²) < 4.78 is 6.18. The molecule has 4 fully saturated rings. The van der Waals surface area contributed by atoms with Crippen molar-refractivity contribution in [3.63, 3.8) is 0 Å². The van der Waals surface area contributed by atoms with Crippen LogP contribution in [0.5, 0.6) is 0 Å². The van der Waals surface area contributed by atoms with E-state index in [9.17, 15) is 24.6 Å². The molecule has 0 unspecified atom stereocenters. The Hall–Kier alpha value is -1.77. The van der Waals surface area contributed by atoms with E-state index < -0.39 is 28.9 Å². The lowest BCUT2D eigenvalue weighted by Crippen LogP contribution is -2.66. The SMILES string of the molecule is CC(C)C1=C2[C@H]3CC[C@@H]4[C@@]5(C)CC[C@H](OC(=O)CC(C)(C)C(=O)O)C(C)(C)[C@@H]5CC[C@@]4(C)[C@]3(C)CC[C@@]2([C@H](O)CN(CCN(C)C)C(C)C)CC1=O. The first-order valence-corrected chi connectivity index (χ1v) is 20.7. The van der Waals surface area contributed by atoms with Crippen LogP contribution in [-0.2, 0) is 19.1 Å². The van der Waals surface area contributed by atoms with Crippen molar-refractivity contribution in [3.05, 3.63) is 11.1 Å². The molecular weight excluding hydrogens is 652 g/mol. The Morgan fingerprint density at radius 1 is 0.885 bits per heavy atom. The third-order valence-electron chi connectivity index (χ3n) is 16.5. The van der Waals surface area contributed by atoms with Crippen LogP contribution in [0, 0.1) is 56.2 Å². The number of hydrogen-bond donors (Lipinski definition) is 2. The maximum Gasteiger partial charge on any atom is 0.309 e. The fourth-order valence-corrected chi connectivity index (χ4v) is 13.2. The van der Waals surface area contributed by atoms with E-state index in [0.717, 1.165) is 70.0 Å². The first-order chi connectivity index (χ1) is 23.9. The van der Waals surface area contributed by atoms with Crippen LogP contribution in [0.25, 0.3) is 0 Å². The van der Waals surface area contributed by atoms with Gasteiger partial charge in [0.1, 0.15) is 6.10 Å². The van der Waals surface area contributed by atoms with Crippen molar-refractivity contribution in [2.75, 3.05) is 33.7 Å². The molecule has 5 rings (SSSR count). The van der Waals surface area contributed by atoms with Gasteiger partial charge in [-0.25, -0.2) is 0 Å². The molecule has 52 heavy (non-hydrogen) atoms. The van der Waals surface area contributed by atoms with Gasteiger partial charge >= 0.3 is 11.9 Å². The normalized spacial score (nSPS) is 37.9. The Bertz CT molecular complexity index is 1430. The first kappa shape index (κ1) is 41.4. The van der Waals surface area contributed by atoms with E-state index in [1.165, 1.54) is 5.57 Å². The van der Waals surface area contributed by atoms with Gasteiger partial charge in [0.05, 0.1) is 17.9 Å². The van der Waals surface area contributed by atoms with Crippen molar-refractivity contribution < 1.29 is 29.3 Å². The van der Waals surface area contributed by atoms with Crippen LogP contribution >= 0.6 is 0 Å². The Morgan fingerprint density at radius 2 is 1.54 bits per heavy atom. The quantitative estimate of drug-likeness (QED) is 0.195. The maximum absolute atomic E-state index is 14.1. The molecule has 0 saturated heterocycles. The standard InChI is InChI=1S/C44H74N2O6/c1-27(2)36-30(47)24-44(33(48)26-46(28(3)4)23-22-45(12)13)21-20-42(10)29(37(36)44)14-15-32-41(9)18-17-34(52-35(49)25-39(5,6)38(50)51)40(7,8)31(41)16-19-43(32,42)11/h27-29,31-34,48H,14-26H2,1-13H3,(H,50,51)/t29-,31+,32-,33-,34+,41+,42-,43-,44+/m1/s1. The molecule has 8 nitrogen and oxygen atoms in total. The average molecular weight is 727 g/mol. The predicted octanol–water partition coefficient (Wildman–Crippen LogP) is 8.01. The van der Waals surface area contributed by atoms with Crippen molar-refractivity contribution in [2.45, 2.75) is 159 Å². The van der Waals surface area contributed by atoms with Crippen molar-refractivity contribution in [1.82, 2.24) is 9.80 Å². The van der Waals surface area contributed by atoms with E-state index in [1.54, 1.807) is 13.8 Å². The van der Waals surface area contributed by atoms with Crippen molar-refractivity contribution in [2.24, 2.45) is 56.2 Å². The van der Waals surface area contributed by atoms with Gasteiger partial charge in [-0.05, 0) is 139 Å². The van der Waals surface area contributed by atoms with Gasteiger partial charge in [0.25, 0.3) is 0 Å². The monoisotopic (exact) mass is 727 g/mol. The van der Waals surface area contributed by atoms with E-state index in [1.807, 2.05) is 0 Å². The maximum atomic E-state index is 14.1. The molecule has 0 aromatic rings. The van der Waals surface area contributed by atoms with Crippen LogP contribution in [0.15, 0.2) is 11.1 Å². The van der Waals surface area contributed by atoms with Crippen LogP contribution in [0.4, 0.5) is 0 Å². The van der Waals surface area contributed by atoms with Crippen LogP contribution in [0.1, 0.15) is 140 Å². The topological polar surface area (TPSA) is 107 Å². The predicted molar refractivity (Wildman–Crippen MR) is 207 cm³/mol. The molecule has 0 spiro atoms. The summed E-state index contributed by atoms with van der Waals surface area (Å²) in [5, 5.41) is 22.0. The summed E-state index contributed by atoms with van der Waals surface area (Å²) in [6, 6.07) is 0.304. The number of ketones is 1. The van der Waals surface area contributed by atoms with E-state index in [0.29, 0.717) is 30.8 Å². The Balaban J connectivity index is 1.45. The zero-order valence-corrected chi connectivity index (χ0v) is 35.2. The number of fused-ring (bicyclic) bond motifs is 7. The second-order valence-corrected chi connectivity index (χ2v) is 21.0. The molecule has 0 heterocycles. The number of carbonyl (C=O) groups is 3. The summed E-state index contributed by atoms with van der Waals surface area (Å²) in [6.07, 6.45) is 7.46. The number of carbonyl (C=O) groups excluding carboxylic acids is 2. The Morgan fingerprint density at radius 3 is 2.12 bits per heavy atom. The number of ether oxygens (including phenoxy) is 1. The van der Waals surface area contributed by atoms with Crippen LogP contribution in [0.3, 0.4) is 0 Å². The number of allylic oxidation sites excluding steroid dienone is 1. The number of carboxylic acid groups (broad SMARTS) is 1. The number of carboxylic acids is 1. The lowest BCUT2D eigenvalue weighted by molar-refractivity contribution is -0.235. The van der Waals surface area contributed by atoms with Gasteiger partial charge in [0.15, 0.2) is 5.78 Å². The number of nitrogens with zero attached hydrogens (tertiary/aromatic N) is 2. The minimum absolute atomic E-state index is 0.00569. The number of aliphatic carboxylic acids is 1. The number of aliphatic hydroxyl groups is 1. The summed E-state index contributed by atoms with van der Waals surface area (Å²) >= 11 is 0. The number of likely N-dealkylation sites (N-methyl/N-ethyl adjacent to an activating group) is 1. The highest BCUT2D eigenvalue weighted by molar-refractivity contribution is 6.00. The second kappa shape index (κ2) is 14.1. The molecule has 0 aromatic heterocycles. The average Bonchev–Trinajstić information content (AvgIpc) is 3.33. The van der Waals surface area contributed by atoms with Crippen molar-refractivity contribution in [3.8, 4) is 0 Å². The van der Waals surface area contributed by atoms with Gasteiger partial charge in [-0.2, -0.15) is 0 Å². The fraction of sp³-hybridized carbons (Fsp3) is 0.886. The highest BCUT2D eigenvalue weighted by Gasteiger charge is 2.71. The minimum atomic E-state index is -1.16. The van der Waals surface area contributed by atoms with Crippen molar-refractivity contribution >= 4 is 17.7 Å². The van der Waals surface area contributed by atoms with Crippen LogP contribution in [-0.4, -0.2) is 89.7 Å². The fourth-order valence-electron chi connectivity index (χ4n) is 13.2. The van der Waals surface area contributed by atoms with Gasteiger partial charge in [-0.15, -0.1) is 0 Å². The van der Waals surface area contributed by atoms with Crippen molar-refractivity contribution in [1.29, 1.82) is 0 Å². The van der Waals surface area contributed by atoms with E-state index >= 15 is 0 Å². The summed E-state index contributed by atoms with van der Waals surface area (Å²) in [5.41, 5.74) is 0.621. The molecule has 2 N–H and O–H groups in total. The second-order valence-electron chi connectivity index (χ2n) is 21.0. The minimum Gasteiger partial charge on any atom is -0.481 e. The van der Waals surface area contributed by atoms with Gasteiger partial charge in [-0.3, -0.25) is 19.3 Å². The molecule has 8 heteroatoms. The van der Waals surface area contributed by atoms with E-state index in [4.69, 9.17) is 4.74 Å². The highest BCUT2D eigenvalue weighted by atomic mass is 16.5. The summed E-state index contributed by atoms with van der Waals surface area (Å²) in [6.45, 7) is 26.6. The van der Waals surface area contributed by atoms with Crippen LogP contribution < -0.4 is 0 Å². The summed E-state index contributed by atoms with van der Waals surface area (Å²) in [7, 11) is 4.19. The van der Waals surface area contributed by atoms with E-state index in [2.05, 4.69) is 86.2 Å². The smallest absolute Gasteiger partial charge is 0.309 e. The molecule has 0 bridgehead atoms.